The molecule has 21 heavy (non-hydrogen) atoms. The molecule has 5 heteroatoms. The summed E-state index contributed by atoms with van der Waals surface area (Å²) >= 11 is 5.34. The van der Waals surface area contributed by atoms with Gasteiger partial charge in [0.05, 0.1) is 17.7 Å². The van der Waals surface area contributed by atoms with Crippen LogP contribution in [0.2, 0.25) is 0 Å². The average Bonchev–Trinajstić information content (AvgIpc) is 2.95. The molecule has 3 nitrogen and oxygen atoms in total. The number of hydrogen-bond acceptors (Lipinski definition) is 4. The summed E-state index contributed by atoms with van der Waals surface area (Å²) in [4.78, 5) is 1.33. The molecule has 1 aromatic carbocycles. The van der Waals surface area contributed by atoms with Crippen molar-refractivity contribution in [2.75, 3.05) is 20.3 Å². The molecule has 1 heterocycles. The topological polar surface area (TPSA) is 30.5 Å². The van der Waals surface area contributed by atoms with E-state index in [2.05, 4.69) is 44.8 Å². The van der Waals surface area contributed by atoms with Crippen molar-refractivity contribution in [2.24, 2.45) is 0 Å². The van der Waals surface area contributed by atoms with Crippen LogP contribution >= 0.6 is 27.3 Å². The van der Waals surface area contributed by atoms with Crippen molar-refractivity contribution in [3.63, 3.8) is 0 Å². The van der Waals surface area contributed by atoms with Gasteiger partial charge in [-0.2, -0.15) is 0 Å². The highest BCUT2D eigenvalue weighted by molar-refractivity contribution is 9.10. The average molecular weight is 370 g/mol. The summed E-state index contributed by atoms with van der Waals surface area (Å²) in [7, 11) is 1.93. The number of benzene rings is 1. The van der Waals surface area contributed by atoms with E-state index in [1.807, 2.05) is 20.0 Å². The second-order valence-electron chi connectivity index (χ2n) is 4.55. The fourth-order valence-electron chi connectivity index (χ4n) is 2.04. The Kier molecular flexibility index (Phi) is 6.54. The molecule has 0 saturated heterocycles. The molecule has 1 aromatic heterocycles. The largest absolute Gasteiger partial charge is 0.490 e. The van der Waals surface area contributed by atoms with Gasteiger partial charge in [0, 0.05) is 17.8 Å². The lowest BCUT2D eigenvalue weighted by Crippen LogP contribution is -2.07. The Morgan fingerprint density at radius 2 is 2.14 bits per heavy atom. The van der Waals surface area contributed by atoms with Crippen LogP contribution in [0.15, 0.2) is 34.1 Å². The highest BCUT2D eigenvalue weighted by atomic mass is 79.9. The molecular formula is C16H20BrNO2S. The van der Waals surface area contributed by atoms with E-state index in [1.54, 1.807) is 11.3 Å². The molecule has 0 aliphatic heterocycles. The summed E-state index contributed by atoms with van der Waals surface area (Å²) in [6.07, 6.45) is 0.911. The van der Waals surface area contributed by atoms with E-state index in [4.69, 9.17) is 9.47 Å². The molecule has 114 valence electrons. The van der Waals surface area contributed by atoms with Crippen LogP contribution in [-0.4, -0.2) is 20.3 Å². The molecule has 0 saturated carbocycles. The van der Waals surface area contributed by atoms with E-state index in [9.17, 15) is 0 Å². The van der Waals surface area contributed by atoms with Gasteiger partial charge in [0.2, 0.25) is 0 Å². The first-order chi connectivity index (χ1) is 10.2. The molecule has 1 N–H and O–H groups in total. The molecule has 0 spiro atoms. The molecule has 0 atom stereocenters. The zero-order chi connectivity index (χ0) is 15.1. The van der Waals surface area contributed by atoms with Crippen molar-refractivity contribution in [1.82, 2.24) is 5.32 Å². The number of thiophene rings is 1. The summed E-state index contributed by atoms with van der Waals surface area (Å²) in [5.74, 6) is 1.58. The van der Waals surface area contributed by atoms with Gasteiger partial charge in [0.1, 0.15) is 0 Å². The first-order valence-corrected chi connectivity index (χ1v) is 8.66. The first kappa shape index (κ1) is 16.3. The third-order valence-electron chi connectivity index (χ3n) is 2.93. The highest BCUT2D eigenvalue weighted by Crippen LogP contribution is 2.37. The zero-order valence-electron chi connectivity index (χ0n) is 12.3. The molecule has 0 radical (unpaired) electrons. The van der Waals surface area contributed by atoms with Crippen LogP contribution in [0.3, 0.4) is 0 Å². The molecule has 0 aliphatic carbocycles. The first-order valence-electron chi connectivity index (χ1n) is 6.99. The van der Waals surface area contributed by atoms with Gasteiger partial charge in [-0.1, -0.05) is 6.07 Å². The summed E-state index contributed by atoms with van der Waals surface area (Å²) in [6.45, 7) is 4.05. The monoisotopic (exact) mass is 369 g/mol. The van der Waals surface area contributed by atoms with E-state index in [0.717, 1.165) is 28.9 Å². The maximum atomic E-state index is 5.94. The second kappa shape index (κ2) is 8.41. The molecule has 0 amide bonds. The number of halogens is 1. The van der Waals surface area contributed by atoms with Crippen LogP contribution in [0.25, 0.3) is 0 Å². The van der Waals surface area contributed by atoms with Crippen LogP contribution in [-0.2, 0) is 13.0 Å². The van der Waals surface area contributed by atoms with Crippen LogP contribution < -0.4 is 14.8 Å². The third-order valence-corrected chi connectivity index (χ3v) is 4.45. The van der Waals surface area contributed by atoms with Gasteiger partial charge in [-0.25, -0.2) is 0 Å². The summed E-state index contributed by atoms with van der Waals surface area (Å²) in [6, 6.07) is 8.29. The highest BCUT2D eigenvalue weighted by Gasteiger charge is 2.12. The Morgan fingerprint density at radius 1 is 1.29 bits per heavy atom. The van der Waals surface area contributed by atoms with Crippen LogP contribution in [0, 0.1) is 0 Å². The standard InChI is InChI=1S/C16H20BrNO2S/c1-3-19-15-10-12(11-18-2)9-14(17)16(15)20-7-6-13-5-4-8-21-13/h4-5,8-10,18H,3,6-7,11H2,1-2H3. The summed E-state index contributed by atoms with van der Waals surface area (Å²) in [5, 5.41) is 5.23. The molecule has 0 fully saturated rings. The Bertz CT molecular complexity index is 558. The zero-order valence-corrected chi connectivity index (χ0v) is 14.7. The number of ether oxygens (including phenoxy) is 2. The van der Waals surface area contributed by atoms with Crippen LogP contribution in [0.4, 0.5) is 0 Å². The van der Waals surface area contributed by atoms with Gasteiger partial charge in [-0.15, -0.1) is 11.3 Å². The SMILES string of the molecule is CCOc1cc(CNC)cc(Br)c1OCCc1cccs1. The van der Waals surface area contributed by atoms with Crippen molar-refractivity contribution in [1.29, 1.82) is 0 Å². The van der Waals surface area contributed by atoms with Crippen molar-refractivity contribution in [3.8, 4) is 11.5 Å². The summed E-state index contributed by atoms with van der Waals surface area (Å²) in [5.41, 5.74) is 1.17. The Balaban J connectivity index is 2.08. The van der Waals surface area contributed by atoms with E-state index >= 15 is 0 Å². The van der Waals surface area contributed by atoms with Crippen molar-refractivity contribution in [2.45, 2.75) is 19.9 Å². The quantitative estimate of drug-likeness (QED) is 0.754. The molecule has 0 unspecified atom stereocenters. The molecule has 0 aliphatic rings. The maximum Gasteiger partial charge on any atom is 0.175 e. The third kappa shape index (κ3) is 4.73. The van der Waals surface area contributed by atoms with Gasteiger partial charge in [0.15, 0.2) is 11.5 Å². The molecule has 0 bridgehead atoms. The Labute approximate surface area is 138 Å². The minimum atomic E-state index is 0.622. The Hall–Kier alpha value is -1.04. The van der Waals surface area contributed by atoms with E-state index < -0.39 is 0 Å². The van der Waals surface area contributed by atoms with E-state index in [-0.39, 0.29) is 0 Å². The number of nitrogens with one attached hydrogen (secondary N) is 1. The predicted molar refractivity (Wildman–Crippen MR) is 91.6 cm³/mol. The van der Waals surface area contributed by atoms with Gasteiger partial charge in [-0.05, 0) is 59.0 Å². The van der Waals surface area contributed by atoms with Crippen LogP contribution in [0.5, 0.6) is 11.5 Å². The van der Waals surface area contributed by atoms with Gasteiger partial charge < -0.3 is 14.8 Å². The number of rotatable bonds is 8. The normalized spacial score (nSPS) is 10.6. The van der Waals surface area contributed by atoms with E-state index in [0.29, 0.717) is 13.2 Å². The lowest BCUT2D eigenvalue weighted by Gasteiger charge is -2.15. The lowest BCUT2D eigenvalue weighted by molar-refractivity contribution is 0.278. The lowest BCUT2D eigenvalue weighted by atomic mass is 10.2. The number of hydrogen-bond donors (Lipinski definition) is 1. The minimum absolute atomic E-state index is 0.622. The fourth-order valence-corrected chi connectivity index (χ4v) is 3.33. The van der Waals surface area contributed by atoms with Crippen molar-refractivity contribution >= 4 is 27.3 Å². The van der Waals surface area contributed by atoms with Gasteiger partial charge in [-0.3, -0.25) is 0 Å². The predicted octanol–water partition coefficient (Wildman–Crippen LogP) is 4.25. The minimum Gasteiger partial charge on any atom is -0.490 e. The summed E-state index contributed by atoms with van der Waals surface area (Å²) < 4.78 is 12.6. The molecule has 2 rings (SSSR count). The Morgan fingerprint density at radius 3 is 2.81 bits per heavy atom. The van der Waals surface area contributed by atoms with Gasteiger partial charge >= 0.3 is 0 Å². The molecular weight excluding hydrogens is 350 g/mol. The molecule has 2 aromatic rings. The van der Waals surface area contributed by atoms with Gasteiger partial charge in [0.25, 0.3) is 0 Å². The van der Waals surface area contributed by atoms with Crippen molar-refractivity contribution in [3.05, 3.63) is 44.6 Å². The fraction of sp³-hybridized carbons (Fsp3) is 0.375. The van der Waals surface area contributed by atoms with Crippen LogP contribution in [0.1, 0.15) is 17.4 Å². The van der Waals surface area contributed by atoms with Crippen molar-refractivity contribution < 1.29 is 9.47 Å². The second-order valence-corrected chi connectivity index (χ2v) is 6.43. The maximum absolute atomic E-state index is 5.94. The smallest absolute Gasteiger partial charge is 0.175 e. The van der Waals surface area contributed by atoms with E-state index in [1.165, 1.54) is 10.4 Å².